The van der Waals surface area contributed by atoms with Crippen LogP contribution in [0.3, 0.4) is 0 Å². The fourth-order valence-electron chi connectivity index (χ4n) is 3.81. The van der Waals surface area contributed by atoms with E-state index in [2.05, 4.69) is 29.1 Å². The largest absolute Gasteiger partial charge is 0.312 e. The van der Waals surface area contributed by atoms with E-state index in [1.54, 1.807) is 6.33 Å². The fourth-order valence-corrected chi connectivity index (χ4v) is 3.81. The first-order chi connectivity index (χ1) is 8.74. The predicted octanol–water partition coefficient (Wildman–Crippen LogP) is 2.66. The Morgan fingerprint density at radius 1 is 1.11 bits per heavy atom. The zero-order chi connectivity index (χ0) is 12.5. The van der Waals surface area contributed by atoms with Crippen LogP contribution >= 0.6 is 0 Å². The second-order valence-electron chi connectivity index (χ2n) is 6.23. The number of hydrogen-bond donors (Lipinski definition) is 1. The molecule has 0 saturated heterocycles. The zero-order valence-corrected chi connectivity index (χ0v) is 11.4. The lowest BCUT2D eigenvalue weighted by atomic mass is 9.74. The maximum Gasteiger partial charge on any atom is 0.115 e. The van der Waals surface area contributed by atoms with Crippen molar-refractivity contribution in [2.24, 2.45) is 11.8 Å². The summed E-state index contributed by atoms with van der Waals surface area (Å²) in [6.07, 6.45) is 6.82. The van der Waals surface area contributed by atoms with Crippen LogP contribution < -0.4 is 5.32 Å². The standard InChI is InChI=1S/C15H23N3/c1-10-5-11(2)7-12(6-10)15-13-8-16-4-3-14(13)17-9-18-15/h9-12,16H,3-8H2,1-2H3. The highest BCUT2D eigenvalue weighted by Gasteiger charge is 2.29. The normalized spacial score (nSPS) is 32.0. The molecule has 3 rings (SSSR count). The number of rotatable bonds is 1. The lowest BCUT2D eigenvalue weighted by Crippen LogP contribution is -2.28. The van der Waals surface area contributed by atoms with Crippen LogP contribution in [0.4, 0.5) is 0 Å². The minimum Gasteiger partial charge on any atom is -0.312 e. The molecule has 3 heteroatoms. The highest BCUT2D eigenvalue weighted by Crippen LogP contribution is 2.39. The smallest absolute Gasteiger partial charge is 0.115 e. The lowest BCUT2D eigenvalue weighted by Gasteiger charge is -2.33. The summed E-state index contributed by atoms with van der Waals surface area (Å²) in [5, 5.41) is 3.46. The van der Waals surface area contributed by atoms with Crippen molar-refractivity contribution < 1.29 is 0 Å². The molecule has 3 nitrogen and oxygen atoms in total. The van der Waals surface area contributed by atoms with E-state index < -0.39 is 0 Å². The summed E-state index contributed by atoms with van der Waals surface area (Å²) in [5.41, 5.74) is 4.02. The van der Waals surface area contributed by atoms with Gasteiger partial charge in [-0.05, 0) is 31.1 Å². The van der Waals surface area contributed by atoms with Crippen molar-refractivity contribution in [2.45, 2.75) is 52.0 Å². The van der Waals surface area contributed by atoms with Gasteiger partial charge in [-0.15, -0.1) is 0 Å². The van der Waals surface area contributed by atoms with Gasteiger partial charge in [-0.1, -0.05) is 13.8 Å². The summed E-state index contributed by atoms with van der Waals surface area (Å²) in [5.74, 6) is 2.32. The van der Waals surface area contributed by atoms with Gasteiger partial charge >= 0.3 is 0 Å². The molecule has 0 amide bonds. The van der Waals surface area contributed by atoms with Gasteiger partial charge in [-0.3, -0.25) is 0 Å². The molecule has 1 saturated carbocycles. The Balaban J connectivity index is 1.91. The van der Waals surface area contributed by atoms with Crippen LogP contribution in [0.2, 0.25) is 0 Å². The fraction of sp³-hybridized carbons (Fsp3) is 0.733. The van der Waals surface area contributed by atoms with Crippen LogP contribution in [-0.4, -0.2) is 16.5 Å². The summed E-state index contributed by atoms with van der Waals surface area (Å²) < 4.78 is 0. The van der Waals surface area contributed by atoms with E-state index in [-0.39, 0.29) is 0 Å². The monoisotopic (exact) mass is 245 g/mol. The van der Waals surface area contributed by atoms with Crippen LogP contribution in [0.15, 0.2) is 6.33 Å². The molecule has 2 atom stereocenters. The average molecular weight is 245 g/mol. The zero-order valence-electron chi connectivity index (χ0n) is 11.4. The van der Waals surface area contributed by atoms with E-state index >= 15 is 0 Å². The third-order valence-electron chi connectivity index (χ3n) is 4.47. The van der Waals surface area contributed by atoms with Crippen LogP contribution in [-0.2, 0) is 13.0 Å². The molecular formula is C15H23N3. The Hall–Kier alpha value is -0.960. The Morgan fingerprint density at radius 3 is 2.67 bits per heavy atom. The molecule has 0 spiro atoms. The van der Waals surface area contributed by atoms with Gasteiger partial charge in [0.25, 0.3) is 0 Å². The molecule has 2 heterocycles. The molecule has 1 aromatic rings. The molecule has 98 valence electrons. The van der Waals surface area contributed by atoms with Crippen molar-refractivity contribution in [1.29, 1.82) is 0 Å². The molecule has 1 N–H and O–H groups in total. The van der Waals surface area contributed by atoms with E-state index in [9.17, 15) is 0 Å². The van der Waals surface area contributed by atoms with Gasteiger partial charge in [0, 0.05) is 36.7 Å². The number of nitrogens with zero attached hydrogens (tertiary/aromatic N) is 2. The van der Waals surface area contributed by atoms with Gasteiger partial charge < -0.3 is 5.32 Å². The molecule has 1 aromatic heterocycles. The summed E-state index contributed by atoms with van der Waals surface area (Å²) in [6, 6.07) is 0. The van der Waals surface area contributed by atoms with Crippen molar-refractivity contribution in [2.75, 3.05) is 6.54 Å². The van der Waals surface area contributed by atoms with Crippen molar-refractivity contribution in [1.82, 2.24) is 15.3 Å². The van der Waals surface area contributed by atoms with Crippen molar-refractivity contribution in [3.8, 4) is 0 Å². The van der Waals surface area contributed by atoms with E-state index in [0.29, 0.717) is 5.92 Å². The van der Waals surface area contributed by atoms with Crippen molar-refractivity contribution >= 4 is 0 Å². The molecule has 0 bridgehead atoms. The minimum atomic E-state index is 0.653. The van der Waals surface area contributed by atoms with Gasteiger partial charge in [0.15, 0.2) is 0 Å². The van der Waals surface area contributed by atoms with E-state index in [1.807, 2.05) is 0 Å². The summed E-state index contributed by atoms with van der Waals surface area (Å²) in [7, 11) is 0. The van der Waals surface area contributed by atoms with Crippen LogP contribution in [0.1, 0.15) is 56.0 Å². The molecule has 1 aliphatic heterocycles. The first-order valence-electron chi connectivity index (χ1n) is 7.27. The SMILES string of the molecule is CC1CC(C)CC(c2ncnc3c2CNCC3)C1. The topological polar surface area (TPSA) is 37.8 Å². The van der Waals surface area contributed by atoms with Gasteiger partial charge in [-0.25, -0.2) is 9.97 Å². The highest BCUT2D eigenvalue weighted by molar-refractivity contribution is 5.29. The molecule has 2 unspecified atom stereocenters. The highest BCUT2D eigenvalue weighted by atomic mass is 14.9. The first-order valence-corrected chi connectivity index (χ1v) is 7.27. The van der Waals surface area contributed by atoms with Gasteiger partial charge in [0.1, 0.15) is 6.33 Å². The Labute approximate surface area is 109 Å². The van der Waals surface area contributed by atoms with Crippen molar-refractivity contribution in [3.63, 3.8) is 0 Å². The number of hydrogen-bond acceptors (Lipinski definition) is 3. The molecule has 2 aliphatic rings. The lowest BCUT2D eigenvalue weighted by molar-refractivity contribution is 0.264. The number of nitrogens with one attached hydrogen (secondary N) is 1. The molecule has 1 aliphatic carbocycles. The average Bonchev–Trinajstić information content (AvgIpc) is 2.37. The predicted molar refractivity (Wildman–Crippen MR) is 72.4 cm³/mol. The molecule has 18 heavy (non-hydrogen) atoms. The van der Waals surface area contributed by atoms with E-state index in [0.717, 1.165) is 31.3 Å². The summed E-state index contributed by atoms with van der Waals surface area (Å²) >= 11 is 0. The molecule has 0 aromatic carbocycles. The third-order valence-corrected chi connectivity index (χ3v) is 4.47. The second kappa shape index (κ2) is 4.96. The maximum absolute atomic E-state index is 4.63. The Bertz CT molecular complexity index is 420. The number of aromatic nitrogens is 2. The molecule has 1 fully saturated rings. The van der Waals surface area contributed by atoms with Crippen LogP contribution in [0, 0.1) is 11.8 Å². The summed E-state index contributed by atoms with van der Waals surface area (Å²) in [4.78, 5) is 9.10. The minimum absolute atomic E-state index is 0.653. The number of fused-ring (bicyclic) bond motifs is 1. The molecule has 0 radical (unpaired) electrons. The van der Waals surface area contributed by atoms with E-state index in [1.165, 1.54) is 36.2 Å². The van der Waals surface area contributed by atoms with Gasteiger partial charge in [0.2, 0.25) is 0 Å². The van der Waals surface area contributed by atoms with Gasteiger partial charge in [-0.2, -0.15) is 0 Å². The van der Waals surface area contributed by atoms with Crippen molar-refractivity contribution in [3.05, 3.63) is 23.3 Å². The second-order valence-corrected chi connectivity index (χ2v) is 6.23. The Kier molecular flexibility index (Phi) is 3.33. The Morgan fingerprint density at radius 2 is 1.89 bits per heavy atom. The molecular weight excluding hydrogens is 222 g/mol. The van der Waals surface area contributed by atoms with Gasteiger partial charge in [0.05, 0.1) is 5.69 Å². The third kappa shape index (κ3) is 2.28. The maximum atomic E-state index is 4.63. The van der Waals surface area contributed by atoms with Crippen LogP contribution in [0.25, 0.3) is 0 Å². The quantitative estimate of drug-likeness (QED) is 0.826. The first kappa shape index (κ1) is 12.1. The summed E-state index contributed by atoms with van der Waals surface area (Å²) in [6.45, 7) is 6.79. The van der Waals surface area contributed by atoms with Crippen LogP contribution in [0.5, 0.6) is 0 Å². The van der Waals surface area contributed by atoms with E-state index in [4.69, 9.17) is 0 Å².